The Labute approximate surface area is 111 Å². The smallest absolute Gasteiger partial charge is 0.329 e. The molecule has 1 aromatic rings. The highest BCUT2D eigenvalue weighted by molar-refractivity contribution is 7.89. The van der Waals surface area contributed by atoms with Gasteiger partial charge in [-0.15, -0.1) is 0 Å². The molecule has 1 atom stereocenters. The average Bonchev–Trinajstić information content (AvgIpc) is 2.73. The van der Waals surface area contributed by atoms with Crippen LogP contribution in [-0.2, 0) is 14.8 Å². The molecule has 0 bridgehead atoms. The second-order valence-corrected chi connectivity index (χ2v) is 6.28. The van der Waals surface area contributed by atoms with Gasteiger partial charge in [-0.05, 0) is 26.0 Å². The number of nitrogens with zero attached hydrogens (tertiary/aromatic N) is 2. The Morgan fingerprint density at radius 1 is 1.32 bits per heavy atom. The van der Waals surface area contributed by atoms with Gasteiger partial charge in [-0.2, -0.15) is 17.9 Å². The van der Waals surface area contributed by atoms with Crippen LogP contribution < -0.4 is 0 Å². The molecule has 0 saturated heterocycles. The molecule has 0 spiro atoms. The van der Waals surface area contributed by atoms with Crippen LogP contribution in [0.15, 0.2) is 34.3 Å². The fourth-order valence-corrected chi connectivity index (χ4v) is 3.30. The standard InChI is InChI=1S/C12H14N2O4S/c1-8-3-5-10(6-4-8)19(17,18)14-11(12(15)16)7-9(2)13-14/h3-6,11H,7H2,1-2H3,(H,15,16). The van der Waals surface area contributed by atoms with Crippen LogP contribution in [0.1, 0.15) is 18.9 Å². The van der Waals surface area contributed by atoms with Crippen molar-refractivity contribution in [3.8, 4) is 0 Å². The molecule has 0 fully saturated rings. The number of carbonyl (C=O) groups is 1. The molecule has 102 valence electrons. The number of hydrogen-bond donors (Lipinski definition) is 1. The molecule has 1 heterocycles. The van der Waals surface area contributed by atoms with Gasteiger partial charge in [0.1, 0.15) is 0 Å². The summed E-state index contributed by atoms with van der Waals surface area (Å²) < 4.78 is 25.4. The highest BCUT2D eigenvalue weighted by atomic mass is 32.2. The number of sulfonamides is 1. The molecule has 6 nitrogen and oxygen atoms in total. The minimum Gasteiger partial charge on any atom is -0.480 e. The van der Waals surface area contributed by atoms with E-state index in [9.17, 15) is 13.2 Å². The van der Waals surface area contributed by atoms with E-state index < -0.39 is 22.0 Å². The van der Waals surface area contributed by atoms with E-state index in [1.54, 1.807) is 19.1 Å². The molecule has 0 amide bonds. The Bertz CT molecular complexity index is 634. The van der Waals surface area contributed by atoms with Crippen LogP contribution >= 0.6 is 0 Å². The summed E-state index contributed by atoms with van der Waals surface area (Å²) in [6, 6.07) is 5.07. The van der Waals surface area contributed by atoms with Crippen molar-refractivity contribution in [3.05, 3.63) is 29.8 Å². The summed E-state index contributed by atoms with van der Waals surface area (Å²) in [6.45, 7) is 3.45. The van der Waals surface area contributed by atoms with E-state index in [0.29, 0.717) is 10.1 Å². The number of aliphatic carboxylic acids is 1. The fourth-order valence-electron chi connectivity index (χ4n) is 1.86. The summed E-state index contributed by atoms with van der Waals surface area (Å²) in [4.78, 5) is 11.2. The lowest BCUT2D eigenvalue weighted by atomic mass is 10.2. The Balaban J connectivity index is 2.44. The Hall–Kier alpha value is -1.89. The minimum absolute atomic E-state index is 0.0443. The van der Waals surface area contributed by atoms with Gasteiger partial charge in [-0.1, -0.05) is 17.7 Å². The first-order valence-electron chi connectivity index (χ1n) is 5.70. The third-order valence-electron chi connectivity index (χ3n) is 2.87. The summed E-state index contributed by atoms with van der Waals surface area (Å²) >= 11 is 0. The third kappa shape index (κ3) is 2.46. The normalized spacial score (nSPS) is 19.4. The molecule has 0 aromatic heterocycles. The molecule has 1 aliphatic rings. The zero-order chi connectivity index (χ0) is 14.2. The van der Waals surface area contributed by atoms with E-state index in [2.05, 4.69) is 5.10 Å². The van der Waals surface area contributed by atoms with Crippen LogP contribution in [0.4, 0.5) is 0 Å². The van der Waals surface area contributed by atoms with E-state index in [1.165, 1.54) is 12.1 Å². The minimum atomic E-state index is -3.92. The van der Waals surface area contributed by atoms with Crippen molar-refractivity contribution in [1.29, 1.82) is 0 Å². The van der Waals surface area contributed by atoms with Crippen LogP contribution in [0.25, 0.3) is 0 Å². The SMILES string of the molecule is CC1=NN(S(=O)(=O)c2ccc(C)cc2)C(C(=O)O)C1. The first-order chi connectivity index (χ1) is 8.82. The third-order valence-corrected chi connectivity index (χ3v) is 4.57. The van der Waals surface area contributed by atoms with E-state index >= 15 is 0 Å². The van der Waals surface area contributed by atoms with Crippen molar-refractivity contribution >= 4 is 21.7 Å². The molecule has 2 rings (SSSR count). The topological polar surface area (TPSA) is 87.0 Å². The van der Waals surface area contributed by atoms with Crippen LogP contribution in [-0.4, -0.2) is 35.7 Å². The highest BCUT2D eigenvalue weighted by Gasteiger charge is 2.39. The van der Waals surface area contributed by atoms with Crippen molar-refractivity contribution in [3.63, 3.8) is 0 Å². The molecular formula is C12H14N2O4S. The number of rotatable bonds is 3. The van der Waals surface area contributed by atoms with Gasteiger partial charge in [0.15, 0.2) is 6.04 Å². The second-order valence-electron chi connectivity index (χ2n) is 4.48. The predicted molar refractivity (Wildman–Crippen MR) is 69.4 cm³/mol. The average molecular weight is 282 g/mol. The van der Waals surface area contributed by atoms with Gasteiger partial charge in [0.2, 0.25) is 0 Å². The van der Waals surface area contributed by atoms with Gasteiger partial charge < -0.3 is 5.11 Å². The summed E-state index contributed by atoms with van der Waals surface area (Å²) in [5, 5.41) is 12.9. The van der Waals surface area contributed by atoms with Gasteiger partial charge in [-0.25, -0.2) is 4.79 Å². The predicted octanol–water partition coefficient (Wildman–Crippen LogP) is 1.22. The number of carboxylic acid groups (broad SMARTS) is 1. The molecule has 1 N–H and O–H groups in total. The van der Waals surface area contributed by atoms with Crippen LogP contribution in [0.5, 0.6) is 0 Å². The lowest BCUT2D eigenvalue weighted by molar-refractivity contribution is -0.140. The van der Waals surface area contributed by atoms with Gasteiger partial charge >= 0.3 is 5.97 Å². The first kappa shape index (κ1) is 13.5. The number of carboxylic acids is 1. The maximum absolute atomic E-state index is 12.4. The van der Waals surface area contributed by atoms with Crippen molar-refractivity contribution in [2.75, 3.05) is 0 Å². The fraction of sp³-hybridized carbons (Fsp3) is 0.333. The largest absolute Gasteiger partial charge is 0.480 e. The maximum atomic E-state index is 12.4. The molecular weight excluding hydrogens is 268 g/mol. The van der Waals surface area contributed by atoms with E-state index in [0.717, 1.165) is 5.56 Å². The van der Waals surface area contributed by atoms with Crippen molar-refractivity contribution in [2.45, 2.75) is 31.2 Å². The van der Waals surface area contributed by atoms with Gasteiger partial charge in [-0.3, -0.25) is 0 Å². The quantitative estimate of drug-likeness (QED) is 0.903. The highest BCUT2D eigenvalue weighted by Crippen LogP contribution is 2.25. The van der Waals surface area contributed by atoms with Crippen molar-refractivity contribution in [2.24, 2.45) is 5.10 Å². The summed E-state index contributed by atoms with van der Waals surface area (Å²) in [5.74, 6) is -1.20. The lowest BCUT2D eigenvalue weighted by Crippen LogP contribution is -2.38. The van der Waals surface area contributed by atoms with Crippen molar-refractivity contribution < 1.29 is 18.3 Å². The Morgan fingerprint density at radius 3 is 2.42 bits per heavy atom. The van der Waals surface area contributed by atoms with E-state index in [4.69, 9.17) is 5.11 Å². The van der Waals surface area contributed by atoms with Gasteiger partial charge in [0.05, 0.1) is 4.90 Å². The zero-order valence-electron chi connectivity index (χ0n) is 10.6. The van der Waals surface area contributed by atoms with Gasteiger partial charge in [0.25, 0.3) is 10.0 Å². The summed E-state index contributed by atoms with van der Waals surface area (Å²) in [6.07, 6.45) is 0.112. The number of aryl methyl sites for hydroxylation is 1. The summed E-state index contributed by atoms with van der Waals surface area (Å²) in [7, 11) is -3.92. The molecule has 0 aliphatic carbocycles. The molecule has 0 radical (unpaired) electrons. The van der Waals surface area contributed by atoms with Gasteiger partial charge in [0, 0.05) is 12.1 Å². The monoisotopic (exact) mass is 282 g/mol. The molecule has 1 aromatic carbocycles. The first-order valence-corrected chi connectivity index (χ1v) is 7.14. The lowest BCUT2D eigenvalue weighted by Gasteiger charge is -2.19. The Morgan fingerprint density at radius 2 is 1.89 bits per heavy atom. The van der Waals surface area contributed by atoms with Crippen molar-refractivity contribution in [1.82, 2.24) is 4.41 Å². The molecule has 1 aliphatic heterocycles. The molecule has 0 saturated carbocycles. The Kier molecular flexibility index (Phi) is 3.32. The molecule has 19 heavy (non-hydrogen) atoms. The van der Waals surface area contributed by atoms with Crippen LogP contribution in [0.2, 0.25) is 0 Å². The zero-order valence-corrected chi connectivity index (χ0v) is 11.4. The second kappa shape index (κ2) is 4.65. The molecule has 7 heteroatoms. The van der Waals surface area contributed by atoms with E-state index in [-0.39, 0.29) is 11.3 Å². The van der Waals surface area contributed by atoms with Crippen LogP contribution in [0, 0.1) is 6.92 Å². The summed E-state index contributed by atoms with van der Waals surface area (Å²) in [5.41, 5.74) is 1.41. The molecule has 1 unspecified atom stereocenters. The van der Waals surface area contributed by atoms with E-state index in [1.807, 2.05) is 6.92 Å². The number of benzene rings is 1. The van der Waals surface area contributed by atoms with Crippen LogP contribution in [0.3, 0.4) is 0 Å². The maximum Gasteiger partial charge on any atom is 0.329 e. The number of hydrogen-bond acceptors (Lipinski definition) is 4. The number of hydrazone groups is 1.